The lowest BCUT2D eigenvalue weighted by atomic mass is 10.2. The van der Waals surface area contributed by atoms with Gasteiger partial charge in [0.05, 0.1) is 6.61 Å². The maximum absolute atomic E-state index is 10.00. The van der Waals surface area contributed by atoms with Gasteiger partial charge in [0.25, 0.3) is 0 Å². The quantitative estimate of drug-likeness (QED) is 0.516. The molecule has 0 aromatic heterocycles. The normalized spacial score (nSPS) is 19.7. The second-order valence-corrected chi connectivity index (χ2v) is 2.61. The lowest BCUT2D eigenvalue weighted by Crippen LogP contribution is -2.37. The average molecular weight is 128 g/mol. The highest BCUT2D eigenvalue weighted by Crippen LogP contribution is 2.06. The third kappa shape index (κ3) is 2.33. The van der Waals surface area contributed by atoms with Crippen LogP contribution in [0.2, 0.25) is 0 Å². The molecule has 1 aliphatic heterocycles. The van der Waals surface area contributed by atoms with Crippen LogP contribution in [0.3, 0.4) is 0 Å². The third-order valence-electron chi connectivity index (χ3n) is 1.82. The largest absolute Gasteiger partial charge is 0.303 e. The molecule has 2 nitrogen and oxygen atoms in total. The molecule has 1 fully saturated rings. The van der Waals surface area contributed by atoms with E-state index in [1.165, 1.54) is 19.5 Å². The van der Waals surface area contributed by atoms with E-state index in [9.17, 15) is 5.11 Å². The highest BCUT2D eigenvalue weighted by Gasteiger charge is 2.11. The molecule has 1 aliphatic rings. The second kappa shape index (κ2) is 3.85. The fraction of sp³-hybridized carbons (Fsp3) is 1.00. The molecule has 0 saturated carbocycles. The molecule has 1 heterocycles. The van der Waals surface area contributed by atoms with Crippen molar-refractivity contribution in [2.45, 2.75) is 19.3 Å². The van der Waals surface area contributed by atoms with Crippen molar-refractivity contribution in [2.75, 3.05) is 26.2 Å². The van der Waals surface area contributed by atoms with Gasteiger partial charge in [0, 0.05) is 0 Å². The first kappa shape index (κ1) is 7.03. The molecule has 0 unspecified atom stereocenters. The van der Waals surface area contributed by atoms with Gasteiger partial charge in [-0.2, -0.15) is 0 Å². The summed E-state index contributed by atoms with van der Waals surface area (Å²) in [5.74, 6) is 0. The highest BCUT2D eigenvalue weighted by atomic mass is 16.2. The topological polar surface area (TPSA) is 23.1 Å². The summed E-state index contributed by atoms with van der Waals surface area (Å²) in [4.78, 5) is 2.40. The summed E-state index contributed by atoms with van der Waals surface area (Å²) in [5, 5.41) is 10.00. The molecule has 53 valence electrons. The minimum absolute atomic E-state index is 0.105. The van der Waals surface area contributed by atoms with Crippen molar-refractivity contribution < 1.29 is 5.11 Å². The Morgan fingerprint density at radius 1 is 1.22 bits per heavy atom. The van der Waals surface area contributed by atoms with Gasteiger partial charge in [-0.1, -0.05) is 0 Å². The molecule has 1 rings (SSSR count). The molecule has 1 saturated heterocycles. The van der Waals surface area contributed by atoms with Crippen LogP contribution in [-0.2, 0) is 5.11 Å². The average Bonchev–Trinajstić information content (AvgIpc) is 1.76. The van der Waals surface area contributed by atoms with E-state index in [-0.39, 0.29) is 6.61 Å². The van der Waals surface area contributed by atoms with E-state index in [1.54, 1.807) is 0 Å². The molecule has 1 radical (unpaired) electrons. The lowest BCUT2D eigenvalue weighted by molar-refractivity contribution is 0.154. The first-order valence-electron chi connectivity index (χ1n) is 3.74. The van der Waals surface area contributed by atoms with E-state index >= 15 is 0 Å². The van der Waals surface area contributed by atoms with Gasteiger partial charge in [-0.05, 0) is 38.9 Å². The first-order valence-corrected chi connectivity index (χ1v) is 3.74. The van der Waals surface area contributed by atoms with Gasteiger partial charge in [0.15, 0.2) is 0 Å². The number of hydrogen-bond donors (Lipinski definition) is 0. The van der Waals surface area contributed by atoms with E-state index in [0.717, 1.165) is 19.4 Å². The minimum atomic E-state index is 0.105. The smallest absolute Gasteiger partial charge is 0.0822 e. The monoisotopic (exact) mass is 128 g/mol. The van der Waals surface area contributed by atoms with Gasteiger partial charge in [0.1, 0.15) is 0 Å². The Hall–Kier alpha value is -0.0800. The third-order valence-corrected chi connectivity index (χ3v) is 1.82. The second-order valence-electron chi connectivity index (χ2n) is 2.61. The predicted octanol–water partition coefficient (Wildman–Crippen LogP) is 0.903. The van der Waals surface area contributed by atoms with Crippen LogP contribution in [0.5, 0.6) is 0 Å². The van der Waals surface area contributed by atoms with E-state index in [4.69, 9.17) is 0 Å². The number of rotatable bonds is 4. The van der Waals surface area contributed by atoms with Crippen LogP contribution < -0.4 is 0 Å². The Kier molecular flexibility index (Phi) is 3.01. The fourth-order valence-corrected chi connectivity index (χ4v) is 1.04. The Morgan fingerprint density at radius 2 is 2.00 bits per heavy atom. The molecular formula is C7H14NO. The van der Waals surface area contributed by atoms with Crippen LogP contribution in [0.4, 0.5) is 0 Å². The van der Waals surface area contributed by atoms with E-state index in [2.05, 4.69) is 4.90 Å². The zero-order valence-corrected chi connectivity index (χ0v) is 5.81. The molecule has 0 aliphatic carbocycles. The van der Waals surface area contributed by atoms with Crippen LogP contribution in [-0.4, -0.2) is 31.1 Å². The zero-order chi connectivity index (χ0) is 6.53. The fourth-order valence-electron chi connectivity index (χ4n) is 1.04. The van der Waals surface area contributed by atoms with Gasteiger partial charge in [-0.25, -0.2) is 5.11 Å². The lowest BCUT2D eigenvalue weighted by Gasteiger charge is -2.30. The standard InChI is InChI=1S/C7H14NO/c9-7-2-1-4-8-5-3-6-8/h1-7H2. The number of nitrogens with zero attached hydrogens (tertiary/aromatic N) is 1. The molecule has 0 N–H and O–H groups in total. The molecule has 0 bridgehead atoms. The van der Waals surface area contributed by atoms with Crippen LogP contribution >= 0.6 is 0 Å². The molecule has 0 atom stereocenters. The van der Waals surface area contributed by atoms with Crippen molar-refractivity contribution in [2.24, 2.45) is 0 Å². The molecular weight excluding hydrogens is 114 g/mol. The molecule has 0 spiro atoms. The molecule has 0 aromatic rings. The summed E-state index contributed by atoms with van der Waals surface area (Å²) < 4.78 is 0. The molecule has 0 aromatic carbocycles. The van der Waals surface area contributed by atoms with Gasteiger partial charge < -0.3 is 4.90 Å². The van der Waals surface area contributed by atoms with Gasteiger partial charge in [-0.15, -0.1) is 0 Å². The van der Waals surface area contributed by atoms with Crippen LogP contribution in [0.25, 0.3) is 0 Å². The van der Waals surface area contributed by atoms with Crippen molar-refractivity contribution in [1.29, 1.82) is 0 Å². The maximum atomic E-state index is 10.00. The highest BCUT2D eigenvalue weighted by molar-refractivity contribution is 4.67. The summed E-state index contributed by atoms with van der Waals surface area (Å²) in [6, 6.07) is 0. The molecule has 9 heavy (non-hydrogen) atoms. The minimum Gasteiger partial charge on any atom is -0.303 e. The molecule has 0 amide bonds. The predicted molar refractivity (Wildman–Crippen MR) is 35.8 cm³/mol. The van der Waals surface area contributed by atoms with Crippen molar-refractivity contribution in [1.82, 2.24) is 4.90 Å². The Labute approximate surface area is 56.5 Å². The van der Waals surface area contributed by atoms with Crippen molar-refractivity contribution >= 4 is 0 Å². The number of unbranched alkanes of at least 4 members (excludes halogenated alkanes) is 1. The summed E-state index contributed by atoms with van der Waals surface area (Å²) in [7, 11) is 0. The number of hydrogen-bond acceptors (Lipinski definition) is 1. The van der Waals surface area contributed by atoms with Gasteiger partial charge in [-0.3, -0.25) is 0 Å². The SMILES string of the molecule is [O]CCCCN1CCC1. The van der Waals surface area contributed by atoms with Crippen LogP contribution in [0, 0.1) is 0 Å². The van der Waals surface area contributed by atoms with Crippen molar-refractivity contribution in [3.63, 3.8) is 0 Å². The summed E-state index contributed by atoms with van der Waals surface area (Å²) in [5.41, 5.74) is 0. The van der Waals surface area contributed by atoms with Gasteiger partial charge >= 0.3 is 0 Å². The summed E-state index contributed by atoms with van der Waals surface area (Å²) >= 11 is 0. The van der Waals surface area contributed by atoms with E-state index in [0.29, 0.717) is 0 Å². The van der Waals surface area contributed by atoms with E-state index < -0.39 is 0 Å². The van der Waals surface area contributed by atoms with Crippen LogP contribution in [0.1, 0.15) is 19.3 Å². The first-order chi connectivity index (χ1) is 4.43. The number of likely N-dealkylation sites (tertiary alicyclic amines) is 1. The maximum Gasteiger partial charge on any atom is 0.0822 e. The zero-order valence-electron chi connectivity index (χ0n) is 5.81. The van der Waals surface area contributed by atoms with Crippen molar-refractivity contribution in [3.8, 4) is 0 Å². The van der Waals surface area contributed by atoms with Crippen LogP contribution in [0.15, 0.2) is 0 Å². The summed E-state index contributed by atoms with van der Waals surface area (Å²) in [6.45, 7) is 3.79. The Balaban J connectivity index is 1.80. The van der Waals surface area contributed by atoms with Crippen molar-refractivity contribution in [3.05, 3.63) is 0 Å². The van der Waals surface area contributed by atoms with E-state index in [1.807, 2.05) is 0 Å². The van der Waals surface area contributed by atoms with Gasteiger partial charge in [0.2, 0.25) is 0 Å². The summed E-state index contributed by atoms with van der Waals surface area (Å²) in [6.07, 6.45) is 3.32. The Bertz CT molecular complexity index is 71.3. The molecule has 2 heteroatoms. The Morgan fingerprint density at radius 3 is 2.44 bits per heavy atom.